The van der Waals surface area contributed by atoms with E-state index in [0.717, 1.165) is 5.69 Å². The van der Waals surface area contributed by atoms with Gasteiger partial charge in [-0.25, -0.2) is 4.98 Å². The highest BCUT2D eigenvalue weighted by Crippen LogP contribution is 2.41. The number of imidazole rings is 1. The lowest BCUT2D eigenvalue weighted by molar-refractivity contribution is 0.324. The van der Waals surface area contributed by atoms with Crippen LogP contribution in [0.4, 0.5) is 5.82 Å². The number of anilines is 1. The van der Waals surface area contributed by atoms with Gasteiger partial charge < -0.3 is 24.5 Å². The number of nitrogens with two attached hydrogens (primary N) is 1. The van der Waals surface area contributed by atoms with E-state index in [0.29, 0.717) is 23.1 Å². The van der Waals surface area contributed by atoms with Crippen molar-refractivity contribution in [1.82, 2.24) is 9.55 Å². The Morgan fingerprint density at radius 1 is 1.06 bits per heavy atom. The third kappa shape index (κ3) is 1.92. The molecule has 1 heterocycles. The lowest BCUT2D eigenvalue weighted by Crippen LogP contribution is -2.00. The van der Waals surface area contributed by atoms with Crippen LogP contribution in [-0.2, 0) is 0 Å². The van der Waals surface area contributed by atoms with Gasteiger partial charge >= 0.3 is 0 Å². The number of ether oxygens (including phenoxy) is 3. The van der Waals surface area contributed by atoms with Crippen LogP contribution in [0.3, 0.4) is 0 Å². The first-order chi connectivity index (χ1) is 8.71. The van der Waals surface area contributed by atoms with Crippen molar-refractivity contribution in [1.29, 1.82) is 0 Å². The van der Waals surface area contributed by atoms with Crippen LogP contribution < -0.4 is 19.9 Å². The average molecular weight is 249 g/mol. The zero-order chi connectivity index (χ0) is 13.1. The number of hydrogen-bond acceptors (Lipinski definition) is 5. The van der Waals surface area contributed by atoms with E-state index < -0.39 is 0 Å². The van der Waals surface area contributed by atoms with Crippen molar-refractivity contribution in [2.45, 2.75) is 0 Å². The second kappa shape index (κ2) is 4.87. The highest BCUT2D eigenvalue weighted by Gasteiger charge is 2.16. The van der Waals surface area contributed by atoms with Crippen LogP contribution >= 0.6 is 0 Å². The number of rotatable bonds is 4. The number of aromatic nitrogens is 2. The maximum absolute atomic E-state index is 5.61. The minimum absolute atomic E-state index is 0.437. The molecule has 0 aliphatic carbocycles. The largest absolute Gasteiger partial charge is 0.493 e. The highest BCUT2D eigenvalue weighted by molar-refractivity contribution is 5.62. The number of benzene rings is 1. The fourth-order valence-electron chi connectivity index (χ4n) is 1.76. The first-order valence-corrected chi connectivity index (χ1v) is 5.30. The summed E-state index contributed by atoms with van der Waals surface area (Å²) in [6.07, 6.45) is 3.31. The molecule has 2 N–H and O–H groups in total. The summed E-state index contributed by atoms with van der Waals surface area (Å²) in [5.74, 6) is 2.14. The van der Waals surface area contributed by atoms with Gasteiger partial charge in [0.05, 0.1) is 33.2 Å². The molecule has 0 aliphatic rings. The Kier molecular flexibility index (Phi) is 3.27. The first-order valence-electron chi connectivity index (χ1n) is 5.30. The summed E-state index contributed by atoms with van der Waals surface area (Å²) in [6, 6.07) is 3.65. The van der Waals surface area contributed by atoms with Crippen LogP contribution in [0.1, 0.15) is 0 Å². The lowest BCUT2D eigenvalue weighted by Gasteiger charge is -2.15. The summed E-state index contributed by atoms with van der Waals surface area (Å²) in [7, 11) is 4.71. The van der Waals surface area contributed by atoms with Gasteiger partial charge in [0.15, 0.2) is 11.5 Å². The van der Waals surface area contributed by atoms with Crippen LogP contribution in [0.15, 0.2) is 24.7 Å². The van der Waals surface area contributed by atoms with Crippen LogP contribution in [0.5, 0.6) is 17.2 Å². The van der Waals surface area contributed by atoms with Gasteiger partial charge in [-0.1, -0.05) is 0 Å². The molecule has 0 bridgehead atoms. The Hall–Kier alpha value is -2.37. The Balaban J connectivity index is 2.61. The summed E-state index contributed by atoms with van der Waals surface area (Å²) in [5, 5.41) is 0. The molecule has 0 fully saturated rings. The normalized spacial score (nSPS) is 10.2. The van der Waals surface area contributed by atoms with Crippen LogP contribution in [-0.4, -0.2) is 30.9 Å². The Labute approximate surface area is 105 Å². The van der Waals surface area contributed by atoms with Crippen molar-refractivity contribution < 1.29 is 14.2 Å². The van der Waals surface area contributed by atoms with Gasteiger partial charge in [-0.2, -0.15) is 0 Å². The van der Waals surface area contributed by atoms with Crippen molar-refractivity contribution in [3.63, 3.8) is 0 Å². The number of hydrogen-bond donors (Lipinski definition) is 1. The average Bonchev–Trinajstić information content (AvgIpc) is 2.83. The topological polar surface area (TPSA) is 71.5 Å². The maximum atomic E-state index is 5.61. The van der Waals surface area contributed by atoms with E-state index in [1.165, 1.54) is 0 Å². The van der Waals surface area contributed by atoms with E-state index in [4.69, 9.17) is 19.9 Å². The van der Waals surface area contributed by atoms with E-state index in [1.54, 1.807) is 44.5 Å². The molecule has 0 unspecified atom stereocenters. The molecule has 0 saturated heterocycles. The van der Waals surface area contributed by atoms with Crippen molar-refractivity contribution >= 4 is 5.82 Å². The molecule has 0 radical (unpaired) electrons. The molecule has 2 rings (SSSR count). The number of methoxy groups -OCH3 is 3. The zero-order valence-electron chi connectivity index (χ0n) is 10.5. The van der Waals surface area contributed by atoms with E-state index in [-0.39, 0.29) is 0 Å². The smallest absolute Gasteiger partial charge is 0.205 e. The van der Waals surface area contributed by atoms with Gasteiger partial charge in [0.1, 0.15) is 12.1 Å². The van der Waals surface area contributed by atoms with E-state index >= 15 is 0 Å². The van der Waals surface area contributed by atoms with Gasteiger partial charge in [0, 0.05) is 0 Å². The monoisotopic (exact) mass is 249 g/mol. The minimum Gasteiger partial charge on any atom is -0.493 e. The quantitative estimate of drug-likeness (QED) is 0.888. The van der Waals surface area contributed by atoms with Crippen molar-refractivity contribution in [3.05, 3.63) is 24.7 Å². The van der Waals surface area contributed by atoms with E-state index in [2.05, 4.69) is 4.98 Å². The van der Waals surface area contributed by atoms with E-state index in [9.17, 15) is 0 Å². The summed E-state index contributed by atoms with van der Waals surface area (Å²) >= 11 is 0. The molecule has 0 amide bonds. The Morgan fingerprint density at radius 3 is 2.28 bits per heavy atom. The molecular formula is C12H15N3O3. The fourth-order valence-corrected chi connectivity index (χ4v) is 1.76. The second-order valence-electron chi connectivity index (χ2n) is 3.56. The SMILES string of the molecule is COc1ccc(-n2cnc(N)c2)c(OC)c1OC. The predicted octanol–water partition coefficient (Wildman–Crippen LogP) is 1.48. The molecule has 6 nitrogen and oxygen atoms in total. The first kappa shape index (κ1) is 12.1. The van der Waals surface area contributed by atoms with Gasteiger partial charge in [0.25, 0.3) is 0 Å². The molecule has 1 aromatic heterocycles. The molecule has 96 valence electrons. The van der Waals surface area contributed by atoms with Gasteiger partial charge in [-0.15, -0.1) is 0 Å². The third-order valence-corrected chi connectivity index (χ3v) is 2.56. The molecule has 0 spiro atoms. The lowest BCUT2D eigenvalue weighted by atomic mass is 10.2. The highest BCUT2D eigenvalue weighted by atomic mass is 16.5. The van der Waals surface area contributed by atoms with Gasteiger partial charge in [-0.05, 0) is 12.1 Å². The molecule has 2 aromatic rings. The molecule has 0 saturated carbocycles. The Bertz CT molecular complexity index is 551. The van der Waals surface area contributed by atoms with Crippen molar-refractivity contribution in [2.75, 3.05) is 27.1 Å². The van der Waals surface area contributed by atoms with Gasteiger partial charge in [-0.3, -0.25) is 0 Å². The molecule has 6 heteroatoms. The standard InChI is InChI=1S/C12H15N3O3/c1-16-9-5-4-8(11(17-2)12(9)18-3)15-6-10(13)14-7-15/h4-7H,13H2,1-3H3. The summed E-state index contributed by atoms with van der Waals surface area (Å²) in [4.78, 5) is 3.98. The van der Waals surface area contributed by atoms with Crippen LogP contribution in [0.2, 0.25) is 0 Å². The van der Waals surface area contributed by atoms with Gasteiger partial charge in [0.2, 0.25) is 5.75 Å². The molecule has 0 aliphatic heterocycles. The Morgan fingerprint density at radius 2 is 1.78 bits per heavy atom. The molecule has 0 atom stereocenters. The zero-order valence-corrected chi connectivity index (χ0v) is 10.5. The van der Waals surface area contributed by atoms with Crippen LogP contribution in [0, 0.1) is 0 Å². The van der Waals surface area contributed by atoms with E-state index in [1.807, 2.05) is 6.07 Å². The van der Waals surface area contributed by atoms with Crippen molar-refractivity contribution in [2.24, 2.45) is 0 Å². The number of nitrogen functional groups attached to an aromatic ring is 1. The summed E-state index contributed by atoms with van der Waals surface area (Å²) < 4.78 is 17.7. The summed E-state index contributed by atoms with van der Waals surface area (Å²) in [5.41, 5.74) is 6.38. The summed E-state index contributed by atoms with van der Waals surface area (Å²) in [6.45, 7) is 0. The third-order valence-electron chi connectivity index (χ3n) is 2.56. The second-order valence-corrected chi connectivity index (χ2v) is 3.56. The fraction of sp³-hybridized carbons (Fsp3) is 0.250. The molecule has 1 aromatic carbocycles. The molecular weight excluding hydrogens is 234 g/mol. The van der Waals surface area contributed by atoms with Crippen molar-refractivity contribution in [3.8, 4) is 22.9 Å². The minimum atomic E-state index is 0.437. The maximum Gasteiger partial charge on any atom is 0.205 e. The number of nitrogens with zero attached hydrogens (tertiary/aromatic N) is 2. The molecule has 18 heavy (non-hydrogen) atoms. The predicted molar refractivity (Wildman–Crippen MR) is 67.6 cm³/mol. The van der Waals surface area contributed by atoms with Crippen LogP contribution in [0.25, 0.3) is 5.69 Å².